The van der Waals surface area contributed by atoms with Crippen LogP contribution >= 0.6 is 0 Å². The van der Waals surface area contributed by atoms with Crippen LogP contribution in [0.15, 0.2) is 12.3 Å². The first-order valence-corrected chi connectivity index (χ1v) is 6.79. The molecule has 1 unspecified atom stereocenters. The maximum Gasteiger partial charge on any atom is 0.0630 e. The molecule has 0 amide bonds. The van der Waals surface area contributed by atoms with E-state index in [9.17, 15) is 0 Å². The van der Waals surface area contributed by atoms with E-state index in [4.69, 9.17) is 0 Å². The smallest absolute Gasteiger partial charge is 0.0630 e. The number of nitrogens with zero attached hydrogens (tertiary/aromatic N) is 2. The Kier molecular flexibility index (Phi) is 5.69. The molecule has 98 valence electrons. The first kappa shape index (κ1) is 14.2. The summed E-state index contributed by atoms with van der Waals surface area (Å²) in [5, 5.41) is 7.88. The summed E-state index contributed by atoms with van der Waals surface area (Å²) < 4.78 is 1.90. The predicted molar refractivity (Wildman–Crippen MR) is 73.1 cm³/mol. The van der Waals surface area contributed by atoms with Crippen molar-refractivity contribution < 1.29 is 0 Å². The molecule has 1 heterocycles. The molecule has 0 saturated carbocycles. The average Bonchev–Trinajstić information content (AvgIpc) is 2.72. The molecule has 1 rings (SSSR count). The fourth-order valence-corrected chi connectivity index (χ4v) is 2.53. The Labute approximate surface area is 106 Å². The van der Waals surface area contributed by atoms with Crippen LogP contribution in [0.25, 0.3) is 0 Å². The summed E-state index contributed by atoms with van der Waals surface area (Å²) in [6, 6.07) is 2.14. The van der Waals surface area contributed by atoms with Crippen molar-refractivity contribution in [2.24, 2.45) is 12.5 Å². The van der Waals surface area contributed by atoms with Gasteiger partial charge in [-0.15, -0.1) is 0 Å². The van der Waals surface area contributed by atoms with Crippen molar-refractivity contribution in [1.82, 2.24) is 15.1 Å². The van der Waals surface area contributed by atoms with Gasteiger partial charge in [0, 0.05) is 19.8 Å². The van der Waals surface area contributed by atoms with Gasteiger partial charge in [0.05, 0.1) is 5.69 Å². The number of aromatic nitrogens is 2. The zero-order valence-electron chi connectivity index (χ0n) is 11.8. The largest absolute Gasteiger partial charge is 0.319 e. The van der Waals surface area contributed by atoms with E-state index in [0.29, 0.717) is 5.41 Å². The van der Waals surface area contributed by atoms with Crippen LogP contribution in [-0.4, -0.2) is 23.4 Å². The molecule has 0 bridgehead atoms. The molecule has 0 aliphatic heterocycles. The van der Waals surface area contributed by atoms with Crippen LogP contribution in [-0.2, 0) is 13.5 Å². The Morgan fingerprint density at radius 2 is 2.18 bits per heavy atom. The van der Waals surface area contributed by atoms with Crippen molar-refractivity contribution in [1.29, 1.82) is 0 Å². The van der Waals surface area contributed by atoms with Crippen LogP contribution < -0.4 is 5.32 Å². The Hall–Kier alpha value is -0.830. The van der Waals surface area contributed by atoms with E-state index in [-0.39, 0.29) is 0 Å². The van der Waals surface area contributed by atoms with E-state index in [0.717, 1.165) is 13.0 Å². The first-order valence-electron chi connectivity index (χ1n) is 6.79. The lowest BCUT2D eigenvalue weighted by molar-refractivity contribution is 0.232. The van der Waals surface area contributed by atoms with Crippen LogP contribution in [0.1, 0.15) is 45.2 Å². The number of aryl methyl sites for hydroxylation is 1. The monoisotopic (exact) mass is 237 g/mol. The molecular weight excluding hydrogens is 210 g/mol. The zero-order chi connectivity index (χ0) is 12.7. The number of hydrogen-bond donors (Lipinski definition) is 1. The lowest BCUT2D eigenvalue weighted by Crippen LogP contribution is -2.34. The molecule has 0 saturated heterocycles. The van der Waals surface area contributed by atoms with Crippen LogP contribution in [0.3, 0.4) is 0 Å². The molecule has 3 heteroatoms. The van der Waals surface area contributed by atoms with Crippen LogP contribution in [0.4, 0.5) is 0 Å². The van der Waals surface area contributed by atoms with E-state index in [1.165, 1.54) is 31.4 Å². The normalized spacial score (nSPS) is 14.8. The van der Waals surface area contributed by atoms with Gasteiger partial charge >= 0.3 is 0 Å². The second kappa shape index (κ2) is 6.80. The highest BCUT2D eigenvalue weighted by Gasteiger charge is 2.28. The van der Waals surface area contributed by atoms with Crippen LogP contribution in [0.2, 0.25) is 0 Å². The third-order valence-corrected chi connectivity index (χ3v) is 3.69. The molecule has 0 aliphatic carbocycles. The van der Waals surface area contributed by atoms with E-state index >= 15 is 0 Å². The highest BCUT2D eigenvalue weighted by molar-refractivity contribution is 5.03. The number of hydrogen-bond acceptors (Lipinski definition) is 2. The summed E-state index contributed by atoms with van der Waals surface area (Å²) in [5.41, 5.74) is 1.60. The molecule has 1 atom stereocenters. The summed E-state index contributed by atoms with van der Waals surface area (Å²) in [6.07, 6.45) is 8.21. The van der Waals surface area contributed by atoms with E-state index < -0.39 is 0 Å². The second-order valence-electron chi connectivity index (χ2n) is 5.14. The summed E-state index contributed by atoms with van der Waals surface area (Å²) in [4.78, 5) is 0. The van der Waals surface area contributed by atoms with Gasteiger partial charge in [0.25, 0.3) is 0 Å². The SMILES string of the molecule is CCCCC(CC)(CNC)Cc1ccn(C)n1. The number of nitrogens with one attached hydrogen (secondary N) is 1. The van der Waals surface area contributed by atoms with Gasteiger partial charge in [0.15, 0.2) is 0 Å². The van der Waals surface area contributed by atoms with E-state index in [2.05, 4.69) is 37.4 Å². The zero-order valence-corrected chi connectivity index (χ0v) is 11.8. The molecule has 1 aromatic heterocycles. The minimum Gasteiger partial charge on any atom is -0.319 e. The van der Waals surface area contributed by atoms with Gasteiger partial charge in [-0.3, -0.25) is 4.68 Å². The molecule has 3 nitrogen and oxygen atoms in total. The molecule has 0 fully saturated rings. The second-order valence-corrected chi connectivity index (χ2v) is 5.14. The number of unbranched alkanes of at least 4 members (excludes halogenated alkanes) is 1. The minimum absolute atomic E-state index is 0.374. The highest BCUT2D eigenvalue weighted by Crippen LogP contribution is 2.32. The maximum absolute atomic E-state index is 4.52. The van der Waals surface area contributed by atoms with Gasteiger partial charge in [-0.1, -0.05) is 26.7 Å². The number of rotatable bonds is 8. The standard InChI is InChI=1S/C14H27N3/c1-5-7-9-14(6-2,12-15-3)11-13-8-10-17(4)16-13/h8,10,15H,5-7,9,11-12H2,1-4H3. The van der Waals surface area contributed by atoms with Gasteiger partial charge in [0.2, 0.25) is 0 Å². The van der Waals surface area contributed by atoms with Gasteiger partial charge in [-0.25, -0.2) is 0 Å². The first-order chi connectivity index (χ1) is 8.15. The van der Waals surface area contributed by atoms with Gasteiger partial charge in [-0.2, -0.15) is 5.10 Å². The molecular formula is C14H27N3. The van der Waals surface area contributed by atoms with Gasteiger partial charge in [0.1, 0.15) is 0 Å². The third kappa shape index (κ3) is 4.15. The average molecular weight is 237 g/mol. The molecule has 1 N–H and O–H groups in total. The molecule has 0 spiro atoms. The Balaban J connectivity index is 2.73. The van der Waals surface area contributed by atoms with Gasteiger partial charge in [-0.05, 0) is 37.8 Å². The van der Waals surface area contributed by atoms with Crippen molar-refractivity contribution in [2.45, 2.75) is 46.0 Å². The lowest BCUT2D eigenvalue weighted by atomic mass is 9.76. The highest BCUT2D eigenvalue weighted by atomic mass is 15.2. The Morgan fingerprint density at radius 1 is 1.41 bits per heavy atom. The lowest BCUT2D eigenvalue weighted by Gasteiger charge is -2.32. The van der Waals surface area contributed by atoms with Crippen molar-refractivity contribution in [2.75, 3.05) is 13.6 Å². The molecule has 17 heavy (non-hydrogen) atoms. The third-order valence-electron chi connectivity index (χ3n) is 3.69. The summed E-state index contributed by atoms with van der Waals surface area (Å²) in [5.74, 6) is 0. The van der Waals surface area contributed by atoms with Crippen molar-refractivity contribution in [3.63, 3.8) is 0 Å². The maximum atomic E-state index is 4.52. The Morgan fingerprint density at radius 3 is 2.65 bits per heavy atom. The molecule has 0 aromatic carbocycles. The van der Waals surface area contributed by atoms with Crippen molar-refractivity contribution >= 4 is 0 Å². The minimum atomic E-state index is 0.374. The van der Waals surface area contributed by atoms with Gasteiger partial charge < -0.3 is 5.32 Å². The van der Waals surface area contributed by atoms with Crippen LogP contribution in [0.5, 0.6) is 0 Å². The molecule has 0 aliphatic rings. The summed E-state index contributed by atoms with van der Waals surface area (Å²) in [6.45, 7) is 5.65. The molecule has 0 radical (unpaired) electrons. The topological polar surface area (TPSA) is 29.9 Å². The summed E-state index contributed by atoms with van der Waals surface area (Å²) >= 11 is 0. The molecule has 1 aromatic rings. The van der Waals surface area contributed by atoms with Crippen molar-refractivity contribution in [3.8, 4) is 0 Å². The van der Waals surface area contributed by atoms with E-state index in [1.54, 1.807) is 0 Å². The van der Waals surface area contributed by atoms with E-state index in [1.807, 2.05) is 17.9 Å². The quantitative estimate of drug-likeness (QED) is 0.753. The fourth-order valence-electron chi connectivity index (χ4n) is 2.53. The summed E-state index contributed by atoms with van der Waals surface area (Å²) in [7, 11) is 4.04. The van der Waals surface area contributed by atoms with Crippen LogP contribution in [0, 0.1) is 5.41 Å². The van der Waals surface area contributed by atoms with Crippen molar-refractivity contribution in [3.05, 3.63) is 18.0 Å². The fraction of sp³-hybridized carbons (Fsp3) is 0.786. The predicted octanol–water partition coefficient (Wildman–Crippen LogP) is 2.77. The Bertz CT molecular complexity index is 319.